The molecule has 2 aromatic heterocycles. The van der Waals surface area contributed by atoms with Crippen molar-refractivity contribution in [3.63, 3.8) is 0 Å². The van der Waals surface area contributed by atoms with Crippen molar-refractivity contribution in [1.82, 2.24) is 25.4 Å². The fourth-order valence-corrected chi connectivity index (χ4v) is 2.65. The average molecular weight is 348 g/mol. The van der Waals surface area contributed by atoms with Crippen LogP contribution >= 0.6 is 7.75 Å². The van der Waals surface area contributed by atoms with Crippen molar-refractivity contribution in [2.75, 3.05) is 11.7 Å². The lowest BCUT2D eigenvalue weighted by molar-refractivity contribution is -0.0251. The second-order valence-corrected chi connectivity index (χ2v) is 6.15. The number of nitrogens with one attached hydrogen (secondary N) is 2. The third-order valence-corrected chi connectivity index (χ3v) is 3.75. The van der Waals surface area contributed by atoms with Crippen molar-refractivity contribution in [3.05, 3.63) is 5.82 Å². The molecular formula is C9H13N6O7P. The fourth-order valence-electron chi connectivity index (χ4n) is 2.22. The van der Waals surface area contributed by atoms with Crippen LogP contribution in [-0.4, -0.2) is 75.4 Å². The number of hydrogen-bond donors (Lipinski definition) is 7. The summed E-state index contributed by atoms with van der Waals surface area (Å²) in [6.45, 7) is -0.533. The molecule has 13 nitrogen and oxygen atoms in total. The van der Waals surface area contributed by atoms with Gasteiger partial charge >= 0.3 is 7.75 Å². The van der Waals surface area contributed by atoms with Gasteiger partial charge in [-0.2, -0.15) is 10.3 Å². The highest BCUT2D eigenvalue weighted by Gasteiger charge is 2.45. The number of fused-ring (bicyclic) bond motifs is 1. The van der Waals surface area contributed by atoms with Crippen molar-refractivity contribution in [2.45, 2.75) is 24.4 Å². The van der Waals surface area contributed by atoms with Crippen molar-refractivity contribution >= 4 is 24.7 Å². The van der Waals surface area contributed by atoms with Gasteiger partial charge in [-0.15, -0.1) is 5.10 Å². The zero-order valence-electron chi connectivity index (χ0n) is 11.3. The highest BCUT2D eigenvalue weighted by atomic mass is 31.2. The summed E-state index contributed by atoms with van der Waals surface area (Å²) in [6, 6.07) is 0. The van der Waals surface area contributed by atoms with Gasteiger partial charge in [0.05, 0.1) is 6.61 Å². The average Bonchev–Trinajstić information content (AvgIpc) is 3.04. The number of aliphatic hydroxyl groups excluding tert-OH is 3. The summed E-state index contributed by atoms with van der Waals surface area (Å²) in [5.41, 5.74) is -0.0486. The molecule has 1 saturated heterocycles. The maximum absolute atomic E-state index is 11.1. The Bertz CT molecular complexity index is 764. The third-order valence-electron chi connectivity index (χ3n) is 3.25. The molecule has 126 valence electrons. The fraction of sp³-hybridized carbons (Fsp3) is 0.556. The molecule has 4 atom stereocenters. The molecule has 1 aliphatic rings. The molecule has 7 N–H and O–H groups in total. The number of rotatable bonds is 4. The molecule has 14 heteroatoms. The van der Waals surface area contributed by atoms with E-state index in [1.165, 1.54) is 0 Å². The Morgan fingerprint density at radius 1 is 1.22 bits per heavy atom. The monoisotopic (exact) mass is 348 g/mol. The lowest BCUT2D eigenvalue weighted by Gasteiger charge is -2.14. The van der Waals surface area contributed by atoms with Crippen LogP contribution in [0.15, 0.2) is 0 Å². The van der Waals surface area contributed by atoms with Gasteiger partial charge in [0.25, 0.3) is 0 Å². The van der Waals surface area contributed by atoms with Crippen molar-refractivity contribution in [1.29, 1.82) is 0 Å². The summed E-state index contributed by atoms with van der Waals surface area (Å²) in [7, 11) is -4.68. The van der Waals surface area contributed by atoms with E-state index in [2.05, 4.69) is 25.4 Å². The van der Waals surface area contributed by atoms with Gasteiger partial charge < -0.3 is 29.8 Å². The molecule has 23 heavy (non-hydrogen) atoms. The van der Waals surface area contributed by atoms with E-state index in [0.717, 1.165) is 0 Å². The van der Waals surface area contributed by atoms with Crippen LogP contribution in [0, 0.1) is 0 Å². The Labute approximate surface area is 127 Å². The van der Waals surface area contributed by atoms with E-state index in [1.807, 2.05) is 5.09 Å². The number of aromatic nitrogens is 5. The standard InChI is InChI=1S/C9H13N6O7P/c16-1-2-4(17)5(18)6(22-2)9-10-7-3(12-15-13-7)8(11-9)14-23(19,20)21/h2,4-6,16-18H,1H2,(H4,10,11,12,13,14,15,19,20,21)/t2-,4-,5-,6?/m1/s1. The van der Waals surface area contributed by atoms with E-state index in [-0.39, 0.29) is 22.8 Å². The van der Waals surface area contributed by atoms with Gasteiger partial charge in [0.1, 0.15) is 24.4 Å². The molecule has 2 aromatic rings. The number of ether oxygens (including phenoxy) is 1. The van der Waals surface area contributed by atoms with E-state index in [1.54, 1.807) is 0 Å². The first-order chi connectivity index (χ1) is 10.8. The number of nitrogens with zero attached hydrogens (tertiary/aromatic N) is 4. The Morgan fingerprint density at radius 2 is 1.96 bits per heavy atom. The number of aliphatic hydroxyl groups is 3. The molecule has 1 fully saturated rings. The van der Waals surface area contributed by atoms with E-state index in [4.69, 9.17) is 19.6 Å². The molecule has 3 heterocycles. The van der Waals surface area contributed by atoms with Crippen LogP contribution in [-0.2, 0) is 9.30 Å². The maximum atomic E-state index is 11.1. The normalized spacial score (nSPS) is 28.4. The molecule has 1 unspecified atom stereocenters. The minimum Gasteiger partial charge on any atom is -0.394 e. The zero-order valence-corrected chi connectivity index (χ0v) is 12.2. The maximum Gasteiger partial charge on any atom is 0.428 e. The van der Waals surface area contributed by atoms with Crippen molar-refractivity contribution < 1.29 is 34.4 Å². The largest absolute Gasteiger partial charge is 0.428 e. The molecule has 0 aromatic carbocycles. The molecule has 0 aliphatic carbocycles. The Kier molecular flexibility index (Phi) is 4.01. The minimum absolute atomic E-state index is 0.0242. The molecule has 0 spiro atoms. The second-order valence-electron chi connectivity index (χ2n) is 4.84. The Hall–Kier alpha value is -1.73. The number of hydrogen-bond acceptors (Lipinski definition) is 9. The highest BCUT2D eigenvalue weighted by molar-refractivity contribution is 7.53. The summed E-state index contributed by atoms with van der Waals surface area (Å²) in [6.07, 6.45) is -5.04. The number of aromatic amines is 1. The number of anilines is 1. The Balaban J connectivity index is 2.03. The molecular weight excluding hydrogens is 335 g/mol. The quantitative estimate of drug-likeness (QED) is 0.284. The van der Waals surface area contributed by atoms with Crippen LogP contribution in [0.4, 0.5) is 5.82 Å². The van der Waals surface area contributed by atoms with Gasteiger partial charge in [-0.1, -0.05) is 0 Å². The molecule has 0 saturated carbocycles. The minimum atomic E-state index is -4.68. The second kappa shape index (κ2) is 5.72. The lowest BCUT2D eigenvalue weighted by Crippen LogP contribution is -2.32. The first kappa shape index (κ1) is 16.1. The topological polar surface area (TPSA) is 207 Å². The predicted octanol–water partition coefficient (Wildman–Crippen LogP) is -2.59. The smallest absolute Gasteiger partial charge is 0.394 e. The summed E-state index contributed by atoms with van der Waals surface area (Å²) in [5, 5.41) is 40.3. The molecule has 0 amide bonds. The zero-order chi connectivity index (χ0) is 16.8. The molecule has 0 radical (unpaired) electrons. The van der Waals surface area contributed by atoms with Gasteiger partial charge in [0, 0.05) is 0 Å². The van der Waals surface area contributed by atoms with Gasteiger partial charge in [0.2, 0.25) is 5.65 Å². The van der Waals surface area contributed by atoms with Gasteiger partial charge in [0.15, 0.2) is 17.2 Å². The van der Waals surface area contributed by atoms with Crippen LogP contribution in [0.1, 0.15) is 11.9 Å². The van der Waals surface area contributed by atoms with Gasteiger partial charge in [-0.3, -0.25) is 5.09 Å². The Morgan fingerprint density at radius 3 is 2.57 bits per heavy atom. The summed E-state index contributed by atoms with van der Waals surface area (Å²) < 4.78 is 16.4. The molecule has 0 bridgehead atoms. The van der Waals surface area contributed by atoms with Crippen LogP contribution in [0.3, 0.4) is 0 Å². The van der Waals surface area contributed by atoms with Crippen LogP contribution in [0.5, 0.6) is 0 Å². The van der Waals surface area contributed by atoms with Gasteiger partial charge in [-0.25, -0.2) is 14.5 Å². The molecule has 1 aliphatic heterocycles. The van der Waals surface area contributed by atoms with E-state index in [9.17, 15) is 14.8 Å². The van der Waals surface area contributed by atoms with Crippen molar-refractivity contribution in [3.8, 4) is 0 Å². The number of H-pyrrole nitrogens is 1. The van der Waals surface area contributed by atoms with Crippen molar-refractivity contribution in [2.24, 2.45) is 0 Å². The van der Waals surface area contributed by atoms with E-state index < -0.39 is 38.8 Å². The summed E-state index contributed by atoms with van der Waals surface area (Å²) >= 11 is 0. The van der Waals surface area contributed by atoms with Gasteiger partial charge in [-0.05, 0) is 0 Å². The summed E-state index contributed by atoms with van der Waals surface area (Å²) in [4.78, 5) is 25.9. The highest BCUT2D eigenvalue weighted by Crippen LogP contribution is 2.38. The van der Waals surface area contributed by atoms with E-state index >= 15 is 0 Å². The summed E-state index contributed by atoms with van der Waals surface area (Å²) in [5.74, 6) is -0.491. The third kappa shape index (κ3) is 3.03. The SMILES string of the molecule is O=P(O)(O)Nc1nc(C2O[C@H](CO)[C@@H](O)[C@H]2O)nc2n[nH]nc12. The predicted molar refractivity (Wildman–Crippen MR) is 71.9 cm³/mol. The van der Waals surface area contributed by atoms with Crippen LogP contribution in [0.25, 0.3) is 11.2 Å². The van der Waals surface area contributed by atoms with Crippen LogP contribution in [0.2, 0.25) is 0 Å². The lowest BCUT2D eigenvalue weighted by atomic mass is 10.1. The molecule has 3 rings (SSSR count). The first-order valence-electron chi connectivity index (χ1n) is 6.35. The first-order valence-corrected chi connectivity index (χ1v) is 7.96. The van der Waals surface area contributed by atoms with E-state index in [0.29, 0.717) is 0 Å². The van der Waals surface area contributed by atoms with Crippen LogP contribution < -0.4 is 5.09 Å².